The summed E-state index contributed by atoms with van der Waals surface area (Å²) >= 11 is 0. The molecule has 0 saturated carbocycles. The van der Waals surface area contributed by atoms with E-state index in [2.05, 4.69) is 22.1 Å². The Balaban J connectivity index is 1.82. The molecule has 0 fully saturated rings. The van der Waals surface area contributed by atoms with Crippen LogP contribution in [0.15, 0.2) is 78.1 Å². The van der Waals surface area contributed by atoms with Crippen LogP contribution in [0, 0.1) is 17.0 Å². The summed E-state index contributed by atoms with van der Waals surface area (Å²) in [5.74, 6) is 5.67. The second kappa shape index (κ2) is 8.74. The average molecular weight is 424 g/mol. The van der Waals surface area contributed by atoms with Gasteiger partial charge in [-0.05, 0) is 44.2 Å². The van der Waals surface area contributed by atoms with E-state index >= 15 is 0 Å². The first-order valence-electron chi connectivity index (χ1n) is 10.0. The number of hydrogen-bond donors (Lipinski definition) is 1. The molecule has 0 atom stereocenters. The van der Waals surface area contributed by atoms with Gasteiger partial charge in [0.2, 0.25) is 5.43 Å². The van der Waals surface area contributed by atoms with Crippen molar-refractivity contribution < 1.29 is 9.52 Å². The summed E-state index contributed by atoms with van der Waals surface area (Å²) in [6, 6.07) is 13.9. The zero-order valence-electron chi connectivity index (χ0n) is 17.6. The minimum atomic E-state index is -0.430. The van der Waals surface area contributed by atoms with Crippen LogP contribution in [-0.2, 0) is 0 Å². The highest BCUT2D eigenvalue weighted by molar-refractivity contribution is 5.97. The predicted molar refractivity (Wildman–Crippen MR) is 121 cm³/mol. The fraction of sp³-hybridized carbons (Fsp3) is 0.120. The van der Waals surface area contributed by atoms with Gasteiger partial charge in [-0.15, -0.1) is 0 Å². The van der Waals surface area contributed by atoms with Crippen molar-refractivity contribution in [3.05, 3.63) is 105 Å². The Morgan fingerprint density at radius 1 is 1.09 bits per heavy atom. The van der Waals surface area contributed by atoms with Crippen LogP contribution < -0.4 is 15.5 Å². The number of fused-ring (bicyclic) bond motifs is 1. The normalized spacial score (nSPS) is 10.6. The van der Waals surface area contributed by atoms with Gasteiger partial charge in [-0.25, -0.2) is 4.98 Å². The maximum atomic E-state index is 12.9. The topological polar surface area (TPSA) is 90.9 Å². The number of carbonyl (C=O) groups is 1. The first kappa shape index (κ1) is 20.8. The number of benzene rings is 1. The third-order valence-corrected chi connectivity index (χ3v) is 4.70. The summed E-state index contributed by atoms with van der Waals surface area (Å²) in [4.78, 5) is 30.0. The molecule has 3 aromatic heterocycles. The fourth-order valence-corrected chi connectivity index (χ4v) is 3.23. The molecule has 1 aromatic carbocycles. The van der Waals surface area contributed by atoms with Gasteiger partial charge >= 0.3 is 0 Å². The number of nitrogens with zero attached hydrogens (tertiary/aromatic N) is 3. The van der Waals surface area contributed by atoms with Gasteiger partial charge in [-0.3, -0.25) is 9.59 Å². The maximum absolute atomic E-state index is 12.9. The summed E-state index contributed by atoms with van der Waals surface area (Å²) in [5, 5.41) is 14.3. The van der Waals surface area contributed by atoms with Crippen molar-refractivity contribution in [2.75, 3.05) is 0 Å². The van der Waals surface area contributed by atoms with Gasteiger partial charge in [0.1, 0.15) is 11.2 Å². The summed E-state index contributed by atoms with van der Waals surface area (Å²) in [5.41, 5.74) is 2.29. The van der Waals surface area contributed by atoms with Gasteiger partial charge in [-0.1, -0.05) is 17.9 Å². The van der Waals surface area contributed by atoms with E-state index in [1.807, 2.05) is 38.1 Å². The molecule has 32 heavy (non-hydrogen) atoms. The molecule has 1 amide bonds. The molecule has 0 bridgehead atoms. The van der Waals surface area contributed by atoms with Gasteiger partial charge in [-0.2, -0.15) is 4.73 Å². The molecule has 7 nitrogen and oxygen atoms in total. The molecule has 7 heteroatoms. The zero-order valence-corrected chi connectivity index (χ0v) is 17.6. The van der Waals surface area contributed by atoms with Crippen LogP contribution in [0.1, 0.15) is 35.3 Å². The smallest absolute Gasteiger partial charge is 0.256 e. The van der Waals surface area contributed by atoms with E-state index in [4.69, 9.17) is 0 Å². The number of pyridine rings is 3. The quantitative estimate of drug-likeness (QED) is 0.311. The molecule has 0 radical (unpaired) electrons. The highest BCUT2D eigenvalue weighted by Gasteiger charge is 2.17. The molecule has 0 unspecified atom stereocenters. The lowest BCUT2D eigenvalue weighted by molar-refractivity contribution is -0.605. The van der Waals surface area contributed by atoms with E-state index in [1.165, 1.54) is 18.6 Å². The number of rotatable bonds is 3. The number of carbonyl (C=O) groups excluding carboxylic acids is 1. The van der Waals surface area contributed by atoms with E-state index in [0.29, 0.717) is 27.0 Å². The molecule has 0 spiro atoms. The van der Waals surface area contributed by atoms with E-state index in [1.54, 1.807) is 35.0 Å². The van der Waals surface area contributed by atoms with Crippen molar-refractivity contribution in [1.29, 1.82) is 0 Å². The Hall–Kier alpha value is -4.44. The number of hydrogen-bond acceptors (Lipinski definition) is 4. The summed E-state index contributed by atoms with van der Waals surface area (Å²) in [7, 11) is 0. The SMILES string of the molecule is CC(C)NC(=O)c1cn(-c2cccc(C#Cc3cc[n+]([O-])cc3)c2)c2ncccc2c1=O. The van der Waals surface area contributed by atoms with Gasteiger partial charge in [0.05, 0.1) is 5.39 Å². The largest absolute Gasteiger partial charge is 0.619 e. The number of aromatic nitrogens is 3. The summed E-state index contributed by atoms with van der Waals surface area (Å²) in [6.07, 6.45) is 5.91. The minimum Gasteiger partial charge on any atom is -0.619 e. The van der Waals surface area contributed by atoms with Crippen molar-refractivity contribution in [1.82, 2.24) is 14.9 Å². The Morgan fingerprint density at radius 2 is 1.84 bits per heavy atom. The standard InChI is InChI=1S/C25H20N4O3/c1-17(2)27-25(31)22-16-29(24-21(23(22)30)7-4-12-26-24)20-6-3-5-19(15-20)9-8-18-10-13-28(32)14-11-18/h3-7,10-17H,1-2H3,(H,27,31). The second-order valence-corrected chi connectivity index (χ2v) is 7.49. The van der Waals surface area contributed by atoms with Crippen LogP contribution in [0.2, 0.25) is 0 Å². The lowest BCUT2D eigenvalue weighted by Gasteiger charge is -2.14. The van der Waals surface area contributed by atoms with Gasteiger partial charge in [0.15, 0.2) is 12.4 Å². The number of nitrogens with one attached hydrogen (secondary N) is 1. The number of amides is 1. The van der Waals surface area contributed by atoms with Crippen molar-refractivity contribution in [2.45, 2.75) is 19.9 Å². The monoisotopic (exact) mass is 424 g/mol. The molecule has 0 aliphatic heterocycles. The molecule has 0 aliphatic carbocycles. The Kier molecular flexibility index (Phi) is 5.69. The maximum Gasteiger partial charge on any atom is 0.256 e. The van der Waals surface area contributed by atoms with Crippen molar-refractivity contribution in [2.24, 2.45) is 0 Å². The summed E-state index contributed by atoms with van der Waals surface area (Å²) < 4.78 is 2.42. The van der Waals surface area contributed by atoms with E-state index in [9.17, 15) is 14.8 Å². The predicted octanol–water partition coefficient (Wildman–Crippen LogP) is 2.56. The van der Waals surface area contributed by atoms with Crippen LogP contribution in [0.4, 0.5) is 0 Å². The molecular formula is C25H20N4O3. The van der Waals surface area contributed by atoms with Crippen LogP contribution in [0.3, 0.4) is 0 Å². The van der Waals surface area contributed by atoms with Gasteiger partial charge in [0.25, 0.3) is 5.91 Å². The molecule has 1 N–H and O–H groups in total. The van der Waals surface area contributed by atoms with E-state index in [-0.39, 0.29) is 17.0 Å². The molecule has 0 aliphatic rings. The van der Waals surface area contributed by atoms with Crippen LogP contribution >= 0.6 is 0 Å². The first-order chi connectivity index (χ1) is 15.4. The zero-order chi connectivity index (χ0) is 22.7. The lowest BCUT2D eigenvalue weighted by Crippen LogP contribution is -2.34. The van der Waals surface area contributed by atoms with E-state index in [0.717, 1.165) is 5.56 Å². The summed E-state index contributed by atoms with van der Waals surface area (Å²) in [6.45, 7) is 3.68. The molecular weight excluding hydrogens is 404 g/mol. The van der Waals surface area contributed by atoms with E-state index < -0.39 is 5.91 Å². The lowest BCUT2D eigenvalue weighted by atomic mass is 10.1. The first-order valence-corrected chi connectivity index (χ1v) is 10.0. The molecule has 3 heterocycles. The highest BCUT2D eigenvalue weighted by Crippen LogP contribution is 2.17. The highest BCUT2D eigenvalue weighted by atomic mass is 16.5. The van der Waals surface area contributed by atoms with Crippen molar-refractivity contribution in [3.8, 4) is 17.5 Å². The van der Waals surface area contributed by atoms with Crippen molar-refractivity contribution in [3.63, 3.8) is 0 Å². The Bertz CT molecular complexity index is 1430. The third-order valence-electron chi connectivity index (χ3n) is 4.70. The molecule has 158 valence electrons. The second-order valence-electron chi connectivity index (χ2n) is 7.49. The molecule has 0 saturated heterocycles. The molecule has 4 aromatic rings. The molecule has 4 rings (SSSR count). The fourth-order valence-electron chi connectivity index (χ4n) is 3.23. The Labute approximate surface area is 184 Å². The van der Waals surface area contributed by atoms with Crippen LogP contribution in [-0.4, -0.2) is 21.5 Å². The van der Waals surface area contributed by atoms with Crippen LogP contribution in [0.25, 0.3) is 16.7 Å². The Morgan fingerprint density at radius 3 is 2.59 bits per heavy atom. The van der Waals surface area contributed by atoms with Gasteiger partial charge < -0.3 is 15.1 Å². The third kappa shape index (κ3) is 4.35. The van der Waals surface area contributed by atoms with Crippen molar-refractivity contribution >= 4 is 16.9 Å². The van der Waals surface area contributed by atoms with Gasteiger partial charge in [0, 0.05) is 47.4 Å². The average Bonchev–Trinajstić information content (AvgIpc) is 2.79. The minimum absolute atomic E-state index is 0.0471. The van der Waals surface area contributed by atoms with Crippen LogP contribution in [0.5, 0.6) is 0 Å².